The minimum Gasteiger partial charge on any atom is -0.398 e. The highest BCUT2D eigenvalue weighted by Crippen LogP contribution is 2.24. The number of carbonyl (C=O) groups is 1. The lowest BCUT2D eigenvalue weighted by molar-refractivity contribution is 0.0944. The van der Waals surface area contributed by atoms with Crippen LogP contribution in [0.4, 0.5) is 5.69 Å². The molecule has 0 saturated heterocycles. The van der Waals surface area contributed by atoms with E-state index in [0.717, 1.165) is 14.9 Å². The van der Waals surface area contributed by atoms with Gasteiger partial charge in [-0.25, -0.2) is 0 Å². The van der Waals surface area contributed by atoms with Crippen molar-refractivity contribution in [3.8, 4) is 0 Å². The van der Waals surface area contributed by atoms with Crippen LogP contribution in [-0.2, 0) is 0 Å². The third kappa shape index (κ3) is 3.36. The first-order valence-electron chi connectivity index (χ1n) is 5.89. The molecule has 0 saturated carbocycles. The first kappa shape index (κ1) is 14.1. The second kappa shape index (κ2) is 5.75. The van der Waals surface area contributed by atoms with Gasteiger partial charge in [0.05, 0.1) is 10.9 Å². The summed E-state index contributed by atoms with van der Waals surface area (Å²) in [7, 11) is 0. The van der Waals surface area contributed by atoms with Gasteiger partial charge in [-0.2, -0.15) is 0 Å². The number of hydrogen-bond acceptors (Lipinski definition) is 3. The standard InChI is InChI=1S/C14H15BrN2OS/c1-8(10-3-5-11(15)6-4-10)17-14(18)13-7-12(16)9(2)19-13/h3-8H,16H2,1-2H3,(H,17,18)/t8-/m0/s1. The highest BCUT2D eigenvalue weighted by molar-refractivity contribution is 9.10. The minimum absolute atomic E-state index is 0.0377. The molecule has 5 heteroatoms. The Morgan fingerprint density at radius 2 is 2.00 bits per heavy atom. The zero-order valence-electron chi connectivity index (χ0n) is 10.7. The largest absolute Gasteiger partial charge is 0.398 e. The predicted octanol–water partition coefficient (Wildman–Crippen LogP) is 3.89. The van der Waals surface area contributed by atoms with E-state index in [1.807, 2.05) is 38.1 Å². The van der Waals surface area contributed by atoms with Crippen molar-refractivity contribution in [2.24, 2.45) is 0 Å². The molecule has 0 aliphatic heterocycles. The molecule has 1 amide bonds. The highest BCUT2D eigenvalue weighted by atomic mass is 79.9. The molecule has 2 aromatic rings. The van der Waals surface area contributed by atoms with E-state index in [-0.39, 0.29) is 11.9 Å². The molecule has 19 heavy (non-hydrogen) atoms. The van der Waals surface area contributed by atoms with Crippen LogP contribution in [0.15, 0.2) is 34.8 Å². The first-order chi connectivity index (χ1) is 8.97. The fourth-order valence-corrected chi connectivity index (χ4v) is 2.82. The monoisotopic (exact) mass is 338 g/mol. The summed E-state index contributed by atoms with van der Waals surface area (Å²) >= 11 is 4.81. The van der Waals surface area contributed by atoms with Gasteiger partial charge in [-0.15, -0.1) is 11.3 Å². The van der Waals surface area contributed by atoms with Crippen LogP contribution in [0.2, 0.25) is 0 Å². The molecule has 0 radical (unpaired) electrons. The number of halogens is 1. The Morgan fingerprint density at radius 1 is 1.37 bits per heavy atom. The fourth-order valence-electron chi connectivity index (χ4n) is 1.71. The summed E-state index contributed by atoms with van der Waals surface area (Å²) in [5.41, 5.74) is 7.50. The Balaban J connectivity index is 2.08. The number of anilines is 1. The number of nitrogen functional groups attached to an aromatic ring is 1. The van der Waals surface area contributed by atoms with E-state index in [4.69, 9.17) is 5.73 Å². The molecule has 0 fully saturated rings. The van der Waals surface area contributed by atoms with Crippen molar-refractivity contribution in [1.82, 2.24) is 5.32 Å². The average Bonchev–Trinajstić information content (AvgIpc) is 2.70. The Bertz CT molecular complexity index is 572. The summed E-state index contributed by atoms with van der Waals surface area (Å²) in [5, 5.41) is 2.97. The van der Waals surface area contributed by atoms with Crippen molar-refractivity contribution >= 4 is 38.9 Å². The van der Waals surface area contributed by atoms with Crippen molar-refractivity contribution in [2.45, 2.75) is 19.9 Å². The third-order valence-electron chi connectivity index (χ3n) is 2.90. The Morgan fingerprint density at radius 3 is 2.53 bits per heavy atom. The SMILES string of the molecule is Cc1sc(C(=O)N[C@@H](C)c2ccc(Br)cc2)cc1N. The van der Waals surface area contributed by atoms with E-state index < -0.39 is 0 Å². The molecule has 1 atom stereocenters. The van der Waals surface area contributed by atoms with E-state index in [2.05, 4.69) is 21.2 Å². The zero-order valence-corrected chi connectivity index (χ0v) is 13.1. The van der Waals surface area contributed by atoms with Gasteiger partial charge >= 0.3 is 0 Å². The molecule has 3 nitrogen and oxygen atoms in total. The lowest BCUT2D eigenvalue weighted by Gasteiger charge is -2.13. The quantitative estimate of drug-likeness (QED) is 0.891. The first-order valence-corrected chi connectivity index (χ1v) is 7.50. The Hall–Kier alpha value is -1.33. The summed E-state index contributed by atoms with van der Waals surface area (Å²) in [5.74, 6) is -0.0831. The lowest BCUT2D eigenvalue weighted by Crippen LogP contribution is -2.25. The van der Waals surface area contributed by atoms with Crippen LogP contribution in [0.1, 0.15) is 33.1 Å². The topological polar surface area (TPSA) is 55.1 Å². The number of nitrogens with two attached hydrogens (primary N) is 1. The third-order valence-corrected chi connectivity index (χ3v) is 4.49. The average molecular weight is 339 g/mol. The molecule has 1 heterocycles. The molecule has 0 spiro atoms. The molecular formula is C14H15BrN2OS. The second-order valence-electron chi connectivity index (χ2n) is 4.37. The van der Waals surface area contributed by atoms with Crippen molar-refractivity contribution in [3.05, 3.63) is 50.1 Å². The normalized spacial score (nSPS) is 12.2. The molecule has 0 aliphatic carbocycles. The molecule has 0 unspecified atom stereocenters. The van der Waals surface area contributed by atoms with Crippen LogP contribution in [-0.4, -0.2) is 5.91 Å². The summed E-state index contributed by atoms with van der Waals surface area (Å²) in [6.07, 6.45) is 0. The summed E-state index contributed by atoms with van der Waals surface area (Å²) < 4.78 is 1.02. The molecular weight excluding hydrogens is 324 g/mol. The summed E-state index contributed by atoms with van der Waals surface area (Å²) in [4.78, 5) is 13.7. The maximum absolute atomic E-state index is 12.1. The summed E-state index contributed by atoms with van der Waals surface area (Å²) in [6, 6.07) is 9.59. The number of benzene rings is 1. The smallest absolute Gasteiger partial charge is 0.261 e. The van der Waals surface area contributed by atoms with Gasteiger partial charge in [0.15, 0.2) is 0 Å². The van der Waals surface area contributed by atoms with Crippen LogP contribution < -0.4 is 11.1 Å². The number of hydrogen-bond donors (Lipinski definition) is 2. The molecule has 0 bridgehead atoms. The van der Waals surface area contributed by atoms with Crippen molar-refractivity contribution in [3.63, 3.8) is 0 Å². The van der Waals surface area contributed by atoms with Crippen LogP contribution in [0.5, 0.6) is 0 Å². The highest BCUT2D eigenvalue weighted by Gasteiger charge is 2.14. The minimum atomic E-state index is -0.0831. The van der Waals surface area contributed by atoms with Crippen LogP contribution in [0, 0.1) is 6.92 Å². The second-order valence-corrected chi connectivity index (χ2v) is 6.54. The van der Waals surface area contributed by atoms with Gasteiger partial charge in [0.2, 0.25) is 0 Å². The van der Waals surface area contributed by atoms with Crippen molar-refractivity contribution < 1.29 is 4.79 Å². The molecule has 100 valence electrons. The molecule has 0 aliphatic rings. The molecule has 3 N–H and O–H groups in total. The number of amides is 1. The van der Waals surface area contributed by atoms with E-state index in [9.17, 15) is 4.79 Å². The van der Waals surface area contributed by atoms with Gasteiger partial charge < -0.3 is 11.1 Å². The zero-order chi connectivity index (χ0) is 14.0. The number of carbonyl (C=O) groups excluding carboxylic acids is 1. The summed E-state index contributed by atoms with van der Waals surface area (Å²) in [6.45, 7) is 3.87. The van der Waals surface area contributed by atoms with Crippen LogP contribution in [0.3, 0.4) is 0 Å². The predicted molar refractivity (Wildman–Crippen MR) is 83.5 cm³/mol. The van der Waals surface area contributed by atoms with Gasteiger partial charge in [0, 0.05) is 15.0 Å². The number of nitrogens with one attached hydrogen (secondary N) is 1. The molecule has 1 aromatic heterocycles. The van der Waals surface area contributed by atoms with Crippen LogP contribution in [0.25, 0.3) is 0 Å². The van der Waals surface area contributed by atoms with E-state index in [1.54, 1.807) is 6.07 Å². The van der Waals surface area contributed by atoms with E-state index in [0.29, 0.717) is 10.6 Å². The van der Waals surface area contributed by atoms with Gasteiger partial charge in [-0.1, -0.05) is 28.1 Å². The molecule has 1 aromatic carbocycles. The maximum Gasteiger partial charge on any atom is 0.261 e. The van der Waals surface area contributed by atoms with Gasteiger partial charge in [0.25, 0.3) is 5.91 Å². The number of thiophene rings is 1. The van der Waals surface area contributed by atoms with Gasteiger partial charge in [-0.3, -0.25) is 4.79 Å². The number of rotatable bonds is 3. The molecule has 2 rings (SSSR count). The Labute approximate surface area is 125 Å². The van der Waals surface area contributed by atoms with Gasteiger partial charge in [0.1, 0.15) is 0 Å². The fraction of sp³-hybridized carbons (Fsp3) is 0.214. The Kier molecular flexibility index (Phi) is 4.27. The van der Waals surface area contributed by atoms with Gasteiger partial charge in [-0.05, 0) is 37.6 Å². The lowest BCUT2D eigenvalue weighted by atomic mass is 10.1. The number of aryl methyl sites for hydroxylation is 1. The van der Waals surface area contributed by atoms with Crippen molar-refractivity contribution in [2.75, 3.05) is 5.73 Å². The van der Waals surface area contributed by atoms with Crippen molar-refractivity contribution in [1.29, 1.82) is 0 Å². The maximum atomic E-state index is 12.1. The van der Waals surface area contributed by atoms with E-state index >= 15 is 0 Å². The van der Waals surface area contributed by atoms with E-state index in [1.165, 1.54) is 11.3 Å². The van der Waals surface area contributed by atoms with Crippen LogP contribution >= 0.6 is 27.3 Å².